The summed E-state index contributed by atoms with van der Waals surface area (Å²) in [6.07, 6.45) is 1.40. The second-order valence-electron chi connectivity index (χ2n) is 5.65. The Kier molecular flexibility index (Phi) is 3.71. The van der Waals surface area contributed by atoms with Gasteiger partial charge >= 0.3 is 0 Å². The highest BCUT2D eigenvalue weighted by molar-refractivity contribution is 5.47. The summed E-state index contributed by atoms with van der Waals surface area (Å²) in [6, 6.07) is 6.86. The molecule has 4 heteroatoms. The molecular weight excluding hydrogens is 243 g/mol. The first-order valence-electron chi connectivity index (χ1n) is 7.03. The molecule has 0 bridgehead atoms. The standard InChI is InChI=1S/C15H21FN2O/c1-17-7-8-19-15-11-18(6-5-12(15)10-17)14-4-2-3-13(16)9-14/h2-4,9,12,15H,5-8,10-11H2,1H3/t12-,15+/m1/s1. The molecule has 19 heavy (non-hydrogen) atoms. The summed E-state index contributed by atoms with van der Waals surface area (Å²) in [6.45, 7) is 4.78. The lowest BCUT2D eigenvalue weighted by Gasteiger charge is -2.39. The molecular formula is C15H21FN2O. The molecule has 3 nitrogen and oxygen atoms in total. The number of benzene rings is 1. The van der Waals surface area contributed by atoms with E-state index in [1.807, 2.05) is 6.07 Å². The smallest absolute Gasteiger partial charge is 0.125 e. The van der Waals surface area contributed by atoms with Crippen LogP contribution in [0.3, 0.4) is 0 Å². The second-order valence-corrected chi connectivity index (χ2v) is 5.65. The van der Waals surface area contributed by atoms with E-state index in [2.05, 4.69) is 16.8 Å². The number of hydrogen-bond donors (Lipinski definition) is 0. The van der Waals surface area contributed by atoms with Gasteiger partial charge in [0.05, 0.1) is 12.7 Å². The first-order valence-corrected chi connectivity index (χ1v) is 7.03. The monoisotopic (exact) mass is 264 g/mol. The minimum Gasteiger partial charge on any atom is -0.375 e. The summed E-state index contributed by atoms with van der Waals surface area (Å²) < 4.78 is 19.3. The van der Waals surface area contributed by atoms with Gasteiger partial charge < -0.3 is 14.5 Å². The van der Waals surface area contributed by atoms with E-state index in [4.69, 9.17) is 4.74 Å². The summed E-state index contributed by atoms with van der Waals surface area (Å²) >= 11 is 0. The molecule has 2 fully saturated rings. The third-order valence-electron chi connectivity index (χ3n) is 4.22. The summed E-state index contributed by atoms with van der Waals surface area (Å²) in [4.78, 5) is 4.60. The van der Waals surface area contributed by atoms with Crippen molar-refractivity contribution >= 4 is 5.69 Å². The van der Waals surface area contributed by atoms with E-state index >= 15 is 0 Å². The molecule has 1 aromatic rings. The third kappa shape index (κ3) is 2.90. The van der Waals surface area contributed by atoms with Crippen LogP contribution in [0.5, 0.6) is 0 Å². The molecule has 3 rings (SSSR count). The van der Waals surface area contributed by atoms with Gasteiger partial charge in [0.15, 0.2) is 0 Å². The van der Waals surface area contributed by atoms with Crippen molar-refractivity contribution in [1.29, 1.82) is 0 Å². The van der Waals surface area contributed by atoms with Crippen LogP contribution in [0.1, 0.15) is 6.42 Å². The molecule has 2 atom stereocenters. The van der Waals surface area contributed by atoms with Gasteiger partial charge in [0.2, 0.25) is 0 Å². The van der Waals surface area contributed by atoms with Crippen LogP contribution in [-0.4, -0.2) is 50.8 Å². The van der Waals surface area contributed by atoms with Crippen LogP contribution in [0, 0.1) is 11.7 Å². The Bertz CT molecular complexity index is 440. The maximum Gasteiger partial charge on any atom is 0.125 e. The summed E-state index contributed by atoms with van der Waals surface area (Å²) in [5.74, 6) is 0.443. The Morgan fingerprint density at radius 2 is 2.16 bits per heavy atom. The van der Waals surface area contributed by atoms with Crippen molar-refractivity contribution in [3.8, 4) is 0 Å². The van der Waals surface area contributed by atoms with Crippen molar-refractivity contribution in [2.45, 2.75) is 12.5 Å². The number of piperidine rings is 1. The van der Waals surface area contributed by atoms with Gasteiger partial charge in [-0.25, -0.2) is 4.39 Å². The fourth-order valence-electron chi connectivity index (χ4n) is 3.12. The average molecular weight is 264 g/mol. The number of halogens is 1. The Morgan fingerprint density at radius 3 is 3.00 bits per heavy atom. The predicted molar refractivity (Wildman–Crippen MR) is 74.0 cm³/mol. The molecule has 0 aliphatic carbocycles. The van der Waals surface area contributed by atoms with Crippen molar-refractivity contribution < 1.29 is 9.13 Å². The zero-order valence-electron chi connectivity index (χ0n) is 11.4. The number of hydrogen-bond acceptors (Lipinski definition) is 3. The van der Waals surface area contributed by atoms with Gasteiger partial charge in [-0.2, -0.15) is 0 Å². The van der Waals surface area contributed by atoms with Crippen LogP contribution >= 0.6 is 0 Å². The second kappa shape index (κ2) is 5.47. The largest absolute Gasteiger partial charge is 0.375 e. The van der Waals surface area contributed by atoms with E-state index in [-0.39, 0.29) is 11.9 Å². The Morgan fingerprint density at radius 1 is 1.26 bits per heavy atom. The zero-order valence-corrected chi connectivity index (χ0v) is 11.4. The van der Waals surface area contributed by atoms with E-state index in [1.54, 1.807) is 12.1 Å². The van der Waals surface area contributed by atoms with Gasteiger partial charge in [0.1, 0.15) is 5.82 Å². The third-order valence-corrected chi connectivity index (χ3v) is 4.22. The first-order chi connectivity index (χ1) is 9.22. The Balaban J connectivity index is 1.71. The van der Waals surface area contributed by atoms with Crippen LogP contribution < -0.4 is 4.90 Å². The zero-order chi connectivity index (χ0) is 13.2. The highest BCUT2D eigenvalue weighted by atomic mass is 19.1. The number of nitrogens with zero attached hydrogens (tertiary/aromatic N) is 2. The van der Waals surface area contributed by atoms with Crippen molar-refractivity contribution in [2.24, 2.45) is 5.92 Å². The van der Waals surface area contributed by atoms with Gasteiger partial charge in [-0.05, 0) is 31.7 Å². The van der Waals surface area contributed by atoms with Gasteiger partial charge in [0.25, 0.3) is 0 Å². The van der Waals surface area contributed by atoms with Gasteiger partial charge in [-0.15, -0.1) is 0 Å². The molecule has 0 aromatic heterocycles. The predicted octanol–water partition coefficient (Wildman–Crippen LogP) is 1.98. The molecule has 2 aliphatic rings. The maximum atomic E-state index is 13.3. The fourth-order valence-corrected chi connectivity index (χ4v) is 3.12. The lowest BCUT2D eigenvalue weighted by molar-refractivity contribution is 0.0253. The van der Waals surface area contributed by atoms with Crippen molar-refractivity contribution in [3.63, 3.8) is 0 Å². The van der Waals surface area contributed by atoms with Crippen LogP contribution in [-0.2, 0) is 4.74 Å². The number of fused-ring (bicyclic) bond motifs is 1. The molecule has 2 heterocycles. The minimum atomic E-state index is -0.166. The summed E-state index contributed by atoms with van der Waals surface area (Å²) in [5.41, 5.74) is 0.972. The lowest BCUT2D eigenvalue weighted by Crippen LogP contribution is -2.46. The van der Waals surface area contributed by atoms with Crippen LogP contribution in [0.15, 0.2) is 24.3 Å². The van der Waals surface area contributed by atoms with E-state index in [1.165, 1.54) is 6.07 Å². The highest BCUT2D eigenvalue weighted by Gasteiger charge is 2.32. The summed E-state index contributed by atoms with van der Waals surface area (Å²) in [7, 11) is 2.16. The fraction of sp³-hybridized carbons (Fsp3) is 0.600. The van der Waals surface area contributed by atoms with Crippen molar-refractivity contribution in [1.82, 2.24) is 4.90 Å². The average Bonchev–Trinajstić information content (AvgIpc) is 2.58. The Labute approximate surface area is 114 Å². The van der Waals surface area contributed by atoms with Crippen LogP contribution in [0.4, 0.5) is 10.1 Å². The number of likely N-dealkylation sites (N-methyl/N-ethyl adjacent to an activating group) is 1. The van der Waals surface area contributed by atoms with Crippen LogP contribution in [0.25, 0.3) is 0 Å². The van der Waals surface area contributed by atoms with E-state index in [9.17, 15) is 4.39 Å². The van der Waals surface area contributed by atoms with Crippen LogP contribution in [0.2, 0.25) is 0 Å². The molecule has 104 valence electrons. The van der Waals surface area contributed by atoms with E-state index < -0.39 is 0 Å². The van der Waals surface area contributed by atoms with Gasteiger partial charge in [-0.1, -0.05) is 6.07 Å². The van der Waals surface area contributed by atoms with Crippen molar-refractivity contribution in [2.75, 3.05) is 44.7 Å². The number of anilines is 1. The molecule has 1 aromatic carbocycles. The molecule has 0 radical (unpaired) electrons. The molecule has 2 aliphatic heterocycles. The number of rotatable bonds is 1. The molecule has 0 amide bonds. The quantitative estimate of drug-likeness (QED) is 0.771. The van der Waals surface area contributed by atoms with E-state index in [0.29, 0.717) is 5.92 Å². The summed E-state index contributed by atoms with van der Waals surface area (Å²) in [5, 5.41) is 0. The van der Waals surface area contributed by atoms with E-state index in [0.717, 1.165) is 44.9 Å². The topological polar surface area (TPSA) is 15.7 Å². The molecule has 0 spiro atoms. The molecule has 2 saturated heterocycles. The van der Waals surface area contributed by atoms with Gasteiger partial charge in [-0.3, -0.25) is 0 Å². The van der Waals surface area contributed by atoms with Gasteiger partial charge in [0, 0.05) is 37.8 Å². The number of ether oxygens (including phenoxy) is 1. The minimum absolute atomic E-state index is 0.166. The highest BCUT2D eigenvalue weighted by Crippen LogP contribution is 2.27. The Hall–Kier alpha value is -1.13. The lowest BCUT2D eigenvalue weighted by atomic mass is 9.93. The first kappa shape index (κ1) is 12.9. The SMILES string of the molecule is CN1CCO[C@H]2CN(c3cccc(F)c3)CC[C@@H]2C1. The molecule has 0 N–H and O–H groups in total. The normalized spacial score (nSPS) is 28.8. The molecule has 0 unspecified atom stereocenters. The molecule has 0 saturated carbocycles. The van der Waals surface area contributed by atoms with Crippen molar-refractivity contribution in [3.05, 3.63) is 30.1 Å². The maximum absolute atomic E-state index is 13.3.